The summed E-state index contributed by atoms with van der Waals surface area (Å²) in [5.41, 5.74) is 5.35. The van der Waals surface area contributed by atoms with Gasteiger partial charge in [-0.05, 0) is 21.8 Å². The summed E-state index contributed by atoms with van der Waals surface area (Å²) in [4.78, 5) is 23.2. The van der Waals surface area contributed by atoms with Gasteiger partial charge in [0.15, 0.2) is 0 Å². The van der Waals surface area contributed by atoms with Gasteiger partial charge in [0.2, 0.25) is 5.91 Å². The van der Waals surface area contributed by atoms with Gasteiger partial charge in [0.05, 0.1) is 11.9 Å². The van der Waals surface area contributed by atoms with Crippen LogP contribution >= 0.6 is 15.9 Å². The van der Waals surface area contributed by atoms with Crippen LogP contribution in [0.4, 0.5) is 5.69 Å². The van der Waals surface area contributed by atoms with Crippen LogP contribution in [-0.2, 0) is 11.3 Å². The minimum absolute atomic E-state index is 0.0162. The van der Waals surface area contributed by atoms with Gasteiger partial charge >= 0.3 is 0 Å². The van der Waals surface area contributed by atoms with Crippen LogP contribution in [0.1, 0.15) is 13.8 Å². The van der Waals surface area contributed by atoms with Crippen LogP contribution in [-0.4, -0.2) is 21.7 Å². The van der Waals surface area contributed by atoms with E-state index in [4.69, 9.17) is 12.2 Å². The number of amides is 1. The van der Waals surface area contributed by atoms with E-state index in [1.165, 1.54) is 6.20 Å². The standard InChI is InChI=1S/C12H15BrN4O2/c1-4-5-17-12(19)9(13)8(6-15-17)16-10(7(2)3)11(14)18/h1,6-7,10,16H,5H2,2-3H3,(H2,14,18). The average Bonchev–Trinajstić information content (AvgIpc) is 2.33. The number of hydrogen-bond donors (Lipinski definition) is 2. The second kappa shape index (κ2) is 6.38. The molecule has 0 aliphatic heterocycles. The van der Waals surface area contributed by atoms with Crippen LogP contribution in [0.15, 0.2) is 15.5 Å². The number of carbonyl (C=O) groups is 1. The summed E-state index contributed by atoms with van der Waals surface area (Å²) in [7, 11) is 0. The lowest BCUT2D eigenvalue weighted by molar-refractivity contribution is -0.119. The first-order valence-corrected chi connectivity index (χ1v) is 6.42. The monoisotopic (exact) mass is 326 g/mol. The van der Waals surface area contributed by atoms with Gasteiger partial charge in [0.1, 0.15) is 17.1 Å². The molecule has 0 saturated carbocycles. The van der Waals surface area contributed by atoms with E-state index in [0.29, 0.717) is 5.69 Å². The number of rotatable bonds is 5. The molecule has 3 N–H and O–H groups in total. The Bertz CT molecular complexity index is 574. The van der Waals surface area contributed by atoms with Crippen molar-refractivity contribution >= 4 is 27.5 Å². The van der Waals surface area contributed by atoms with Crippen molar-refractivity contribution in [2.75, 3.05) is 5.32 Å². The Morgan fingerprint density at radius 3 is 2.79 bits per heavy atom. The molecule has 1 heterocycles. The van der Waals surface area contributed by atoms with Crippen molar-refractivity contribution in [3.63, 3.8) is 0 Å². The second-order valence-electron chi connectivity index (χ2n) is 4.31. The van der Waals surface area contributed by atoms with Crippen LogP contribution in [0.3, 0.4) is 0 Å². The summed E-state index contributed by atoms with van der Waals surface area (Å²) in [5, 5.41) is 6.82. The topological polar surface area (TPSA) is 90.0 Å². The summed E-state index contributed by atoms with van der Waals surface area (Å²) >= 11 is 3.17. The zero-order valence-corrected chi connectivity index (χ0v) is 12.3. The molecule has 1 aromatic heterocycles. The number of primary amides is 1. The molecule has 0 spiro atoms. The van der Waals surface area contributed by atoms with E-state index >= 15 is 0 Å². The minimum Gasteiger partial charge on any atom is -0.371 e. The van der Waals surface area contributed by atoms with E-state index in [9.17, 15) is 9.59 Å². The number of hydrogen-bond acceptors (Lipinski definition) is 4. The molecule has 0 aromatic carbocycles. The van der Waals surface area contributed by atoms with Gasteiger partial charge in [0, 0.05) is 0 Å². The van der Waals surface area contributed by atoms with Crippen molar-refractivity contribution in [3.8, 4) is 12.3 Å². The third-order valence-electron chi connectivity index (χ3n) is 2.51. The molecule has 1 atom stereocenters. The molecule has 0 saturated heterocycles. The van der Waals surface area contributed by atoms with Crippen molar-refractivity contribution in [2.45, 2.75) is 26.4 Å². The molecule has 0 aliphatic rings. The van der Waals surface area contributed by atoms with Gasteiger partial charge in [-0.2, -0.15) is 5.10 Å². The predicted molar refractivity (Wildman–Crippen MR) is 76.5 cm³/mol. The van der Waals surface area contributed by atoms with Crippen LogP contribution in [0.25, 0.3) is 0 Å². The number of aromatic nitrogens is 2. The second-order valence-corrected chi connectivity index (χ2v) is 5.10. The summed E-state index contributed by atoms with van der Waals surface area (Å²) in [6, 6.07) is -0.582. The fourth-order valence-corrected chi connectivity index (χ4v) is 1.92. The number of nitrogens with two attached hydrogens (primary N) is 1. The molecular formula is C12H15BrN4O2. The Labute approximate surface area is 119 Å². The molecule has 1 unspecified atom stereocenters. The van der Waals surface area contributed by atoms with Crippen molar-refractivity contribution < 1.29 is 4.79 Å². The van der Waals surface area contributed by atoms with Crippen molar-refractivity contribution in [1.82, 2.24) is 9.78 Å². The molecule has 6 nitrogen and oxygen atoms in total. The largest absolute Gasteiger partial charge is 0.371 e. The van der Waals surface area contributed by atoms with Gasteiger partial charge in [-0.3, -0.25) is 9.59 Å². The Morgan fingerprint density at radius 1 is 1.68 bits per heavy atom. The molecule has 0 aliphatic carbocycles. The normalized spacial score (nSPS) is 11.9. The maximum Gasteiger partial charge on any atom is 0.284 e. The highest BCUT2D eigenvalue weighted by Gasteiger charge is 2.21. The van der Waals surface area contributed by atoms with Crippen molar-refractivity contribution in [2.24, 2.45) is 11.7 Å². The zero-order valence-electron chi connectivity index (χ0n) is 10.7. The Kier molecular flexibility index (Phi) is 5.12. The highest BCUT2D eigenvalue weighted by molar-refractivity contribution is 9.10. The lowest BCUT2D eigenvalue weighted by Gasteiger charge is -2.20. The van der Waals surface area contributed by atoms with Crippen molar-refractivity contribution in [3.05, 3.63) is 21.0 Å². The van der Waals surface area contributed by atoms with Crippen molar-refractivity contribution in [1.29, 1.82) is 0 Å². The third-order valence-corrected chi connectivity index (χ3v) is 3.28. The number of terminal acetylenes is 1. The summed E-state index contributed by atoms with van der Waals surface area (Å²) in [6.07, 6.45) is 6.57. The molecule has 19 heavy (non-hydrogen) atoms. The first kappa shape index (κ1) is 15.2. The van der Waals surface area contributed by atoms with E-state index in [1.54, 1.807) is 0 Å². The third kappa shape index (κ3) is 3.58. The molecule has 102 valence electrons. The average molecular weight is 327 g/mol. The Balaban J connectivity index is 3.10. The summed E-state index contributed by atoms with van der Waals surface area (Å²) in [5.74, 6) is 1.83. The molecular weight excluding hydrogens is 312 g/mol. The zero-order chi connectivity index (χ0) is 14.6. The number of halogens is 1. The summed E-state index contributed by atoms with van der Waals surface area (Å²) < 4.78 is 1.41. The smallest absolute Gasteiger partial charge is 0.284 e. The lowest BCUT2D eigenvalue weighted by Crippen LogP contribution is -2.40. The number of nitrogens with one attached hydrogen (secondary N) is 1. The SMILES string of the molecule is C#CCn1ncc(NC(C(N)=O)C(C)C)c(Br)c1=O. The van der Waals surface area contributed by atoms with Gasteiger partial charge < -0.3 is 11.1 Å². The quantitative estimate of drug-likeness (QED) is 0.774. The van der Waals surface area contributed by atoms with Gasteiger partial charge in [-0.15, -0.1) is 6.42 Å². The van der Waals surface area contributed by atoms with Crippen LogP contribution in [0.5, 0.6) is 0 Å². The molecule has 1 rings (SSSR count). The first-order chi connectivity index (χ1) is 8.88. The fraction of sp³-hybridized carbons (Fsp3) is 0.417. The molecule has 7 heteroatoms. The van der Waals surface area contributed by atoms with E-state index in [1.807, 2.05) is 13.8 Å². The number of anilines is 1. The maximum absolute atomic E-state index is 11.9. The van der Waals surface area contributed by atoms with Gasteiger partial charge in [-0.25, -0.2) is 4.68 Å². The highest BCUT2D eigenvalue weighted by Crippen LogP contribution is 2.19. The maximum atomic E-state index is 11.9. The molecule has 1 amide bonds. The number of carbonyl (C=O) groups excluding carboxylic acids is 1. The molecule has 0 fully saturated rings. The highest BCUT2D eigenvalue weighted by atomic mass is 79.9. The van der Waals surface area contributed by atoms with E-state index in [0.717, 1.165) is 4.68 Å². The molecule has 0 radical (unpaired) electrons. The molecule has 1 aromatic rings. The number of nitrogens with zero attached hydrogens (tertiary/aromatic N) is 2. The lowest BCUT2D eigenvalue weighted by atomic mass is 10.0. The van der Waals surface area contributed by atoms with E-state index in [-0.39, 0.29) is 22.5 Å². The predicted octanol–water partition coefficient (Wildman–Crippen LogP) is 0.561. The van der Waals surface area contributed by atoms with E-state index in [2.05, 4.69) is 32.3 Å². The Hall–Kier alpha value is -1.81. The van der Waals surface area contributed by atoms with E-state index < -0.39 is 11.9 Å². The first-order valence-electron chi connectivity index (χ1n) is 5.63. The van der Waals surface area contributed by atoms with Crippen LogP contribution in [0, 0.1) is 18.3 Å². The molecule has 0 bridgehead atoms. The minimum atomic E-state index is -0.582. The summed E-state index contributed by atoms with van der Waals surface area (Å²) in [6.45, 7) is 3.79. The Morgan fingerprint density at radius 2 is 2.32 bits per heavy atom. The van der Waals surface area contributed by atoms with Crippen LogP contribution in [0.2, 0.25) is 0 Å². The van der Waals surface area contributed by atoms with Gasteiger partial charge in [-0.1, -0.05) is 19.8 Å². The van der Waals surface area contributed by atoms with Crippen LogP contribution < -0.4 is 16.6 Å². The van der Waals surface area contributed by atoms with Gasteiger partial charge in [0.25, 0.3) is 5.56 Å². The fourth-order valence-electron chi connectivity index (χ4n) is 1.50.